The number of nitrogens with zero attached hydrogens (tertiary/aromatic N) is 3. The van der Waals surface area contributed by atoms with Crippen LogP contribution >= 0.6 is 15.9 Å². The molecule has 0 radical (unpaired) electrons. The number of hydrogen-bond acceptors (Lipinski definition) is 5. The molecule has 0 saturated heterocycles. The van der Waals surface area contributed by atoms with Gasteiger partial charge in [0.1, 0.15) is 0 Å². The monoisotopic (exact) mass is 396 g/mol. The molecule has 1 aliphatic carbocycles. The number of methoxy groups -OCH3 is 1. The Hall–Kier alpha value is -1.18. The summed E-state index contributed by atoms with van der Waals surface area (Å²) in [7, 11) is 1.68. The predicted octanol–water partition coefficient (Wildman–Crippen LogP) is 3.35. The lowest BCUT2D eigenvalue weighted by atomic mass is 9.79. The van der Waals surface area contributed by atoms with Crippen LogP contribution in [0.5, 0.6) is 0 Å². The van der Waals surface area contributed by atoms with E-state index < -0.39 is 5.60 Å². The minimum absolute atomic E-state index is 0.139. The minimum atomic E-state index is -0.530. The minimum Gasteiger partial charge on any atom is -0.390 e. The Bertz CT molecular complexity index is 706. The van der Waals surface area contributed by atoms with Crippen molar-refractivity contribution in [3.63, 3.8) is 0 Å². The second-order valence-electron chi connectivity index (χ2n) is 7.07. The van der Waals surface area contributed by atoms with Crippen molar-refractivity contribution in [1.29, 1.82) is 0 Å². The second kappa shape index (κ2) is 6.98. The highest BCUT2D eigenvalue weighted by atomic mass is 79.9. The van der Waals surface area contributed by atoms with Gasteiger partial charge in [-0.3, -0.25) is 0 Å². The zero-order valence-electron chi connectivity index (χ0n) is 14.4. The highest BCUT2D eigenvalue weighted by Gasteiger charge is 2.31. The van der Waals surface area contributed by atoms with E-state index in [2.05, 4.69) is 37.4 Å². The molecule has 0 amide bonds. The smallest absolute Gasteiger partial charge is 0.241 e. The van der Waals surface area contributed by atoms with E-state index in [0.717, 1.165) is 35.7 Å². The van der Waals surface area contributed by atoms with Crippen LogP contribution in [0.3, 0.4) is 0 Å². The van der Waals surface area contributed by atoms with Gasteiger partial charge < -0.3 is 15.2 Å². The fraction of sp³-hybridized carbons (Fsp3) is 0.647. The lowest BCUT2D eigenvalue weighted by Gasteiger charge is -2.32. The molecule has 0 unspecified atom stereocenters. The van der Waals surface area contributed by atoms with Crippen molar-refractivity contribution in [3.8, 4) is 0 Å². The summed E-state index contributed by atoms with van der Waals surface area (Å²) in [6.07, 6.45) is 5.42. The van der Waals surface area contributed by atoms with E-state index in [0.29, 0.717) is 18.5 Å². The third-order valence-electron chi connectivity index (χ3n) is 4.77. The number of ether oxygens (including phenoxy) is 1. The first kappa shape index (κ1) is 17.6. The van der Waals surface area contributed by atoms with Gasteiger partial charge in [-0.1, -0.05) is 0 Å². The highest BCUT2D eigenvalue weighted by Crippen LogP contribution is 2.39. The molecule has 7 heteroatoms. The van der Waals surface area contributed by atoms with Crippen molar-refractivity contribution < 1.29 is 9.84 Å². The number of aliphatic hydroxyl groups is 1. The largest absolute Gasteiger partial charge is 0.390 e. The zero-order valence-corrected chi connectivity index (χ0v) is 16.0. The summed E-state index contributed by atoms with van der Waals surface area (Å²) in [6, 6.07) is 2.27. The van der Waals surface area contributed by atoms with E-state index in [1.54, 1.807) is 7.11 Å². The zero-order chi connectivity index (χ0) is 17.3. The second-order valence-corrected chi connectivity index (χ2v) is 7.92. The molecule has 24 heavy (non-hydrogen) atoms. The molecule has 1 atom stereocenters. The molecular weight excluding hydrogens is 372 g/mol. The van der Waals surface area contributed by atoms with Crippen LogP contribution in [0.2, 0.25) is 0 Å². The Morgan fingerprint density at radius 2 is 2.21 bits per heavy atom. The molecule has 0 spiro atoms. The summed E-state index contributed by atoms with van der Waals surface area (Å²) >= 11 is 3.62. The van der Waals surface area contributed by atoms with E-state index in [4.69, 9.17) is 4.74 Å². The van der Waals surface area contributed by atoms with Gasteiger partial charge in [-0.2, -0.15) is 0 Å². The summed E-state index contributed by atoms with van der Waals surface area (Å²) in [4.78, 5) is 4.40. The first-order chi connectivity index (χ1) is 11.4. The van der Waals surface area contributed by atoms with Crippen molar-refractivity contribution in [1.82, 2.24) is 14.6 Å². The Morgan fingerprint density at radius 1 is 1.50 bits per heavy atom. The van der Waals surface area contributed by atoms with Crippen LogP contribution in [0.4, 0.5) is 5.95 Å². The number of anilines is 1. The SMILES string of the molecule is COC[C@H](C)Nc1ncc2c(Br)cc(C3CCC(C)(O)CC3)n2n1. The summed E-state index contributed by atoms with van der Waals surface area (Å²) < 4.78 is 8.13. The molecule has 3 rings (SSSR count). The van der Waals surface area contributed by atoms with Gasteiger partial charge >= 0.3 is 0 Å². The van der Waals surface area contributed by atoms with E-state index in [1.165, 1.54) is 5.69 Å². The van der Waals surface area contributed by atoms with Crippen LogP contribution in [0.15, 0.2) is 16.7 Å². The Kier molecular flexibility index (Phi) is 5.13. The van der Waals surface area contributed by atoms with Crippen LogP contribution < -0.4 is 5.32 Å². The van der Waals surface area contributed by atoms with Crippen molar-refractivity contribution >= 4 is 27.4 Å². The lowest BCUT2D eigenvalue weighted by molar-refractivity contribution is 0.0167. The molecule has 1 fully saturated rings. The van der Waals surface area contributed by atoms with Crippen LogP contribution in [0.25, 0.3) is 5.52 Å². The summed E-state index contributed by atoms with van der Waals surface area (Å²) in [5, 5.41) is 18.1. The Morgan fingerprint density at radius 3 is 2.88 bits per heavy atom. The topological polar surface area (TPSA) is 71.7 Å². The maximum Gasteiger partial charge on any atom is 0.241 e. The molecule has 2 N–H and O–H groups in total. The van der Waals surface area contributed by atoms with Crippen molar-refractivity contribution in [2.45, 2.75) is 57.1 Å². The predicted molar refractivity (Wildman–Crippen MR) is 97.5 cm³/mol. The molecule has 0 aliphatic heterocycles. The maximum absolute atomic E-state index is 10.2. The number of halogens is 1. The van der Waals surface area contributed by atoms with E-state index in [-0.39, 0.29) is 6.04 Å². The average molecular weight is 397 g/mol. The van der Waals surface area contributed by atoms with Crippen molar-refractivity contribution in [3.05, 3.63) is 22.4 Å². The van der Waals surface area contributed by atoms with Gasteiger partial charge in [-0.15, -0.1) is 5.10 Å². The highest BCUT2D eigenvalue weighted by molar-refractivity contribution is 9.10. The summed E-state index contributed by atoms with van der Waals surface area (Å²) in [6.45, 7) is 4.56. The van der Waals surface area contributed by atoms with E-state index in [9.17, 15) is 5.11 Å². The molecule has 6 nitrogen and oxygen atoms in total. The van der Waals surface area contributed by atoms with Crippen LogP contribution in [-0.4, -0.2) is 45.1 Å². The van der Waals surface area contributed by atoms with Crippen molar-refractivity contribution in [2.75, 3.05) is 19.0 Å². The van der Waals surface area contributed by atoms with Gasteiger partial charge in [0.2, 0.25) is 5.95 Å². The van der Waals surface area contributed by atoms with Crippen LogP contribution in [0, 0.1) is 0 Å². The lowest BCUT2D eigenvalue weighted by Crippen LogP contribution is -2.30. The standard InChI is InChI=1S/C17H25BrN4O2/c1-11(10-24-3)20-16-19-9-15-13(18)8-14(22(15)21-16)12-4-6-17(2,23)7-5-12/h8-9,11-12,23H,4-7,10H2,1-3H3,(H,20,21)/t11-,12?,17?/m0/s1. The molecule has 2 heterocycles. The molecule has 2 aromatic rings. The fourth-order valence-corrected chi connectivity index (χ4v) is 3.89. The van der Waals surface area contributed by atoms with E-state index in [1.807, 2.05) is 24.6 Å². The third kappa shape index (κ3) is 3.73. The maximum atomic E-state index is 10.2. The quantitative estimate of drug-likeness (QED) is 0.810. The molecule has 132 valence electrons. The normalized spacial score (nSPS) is 25.8. The molecule has 0 bridgehead atoms. The van der Waals surface area contributed by atoms with Gasteiger partial charge in [0.25, 0.3) is 0 Å². The third-order valence-corrected chi connectivity index (χ3v) is 5.40. The number of fused-ring (bicyclic) bond motifs is 1. The van der Waals surface area contributed by atoms with Gasteiger partial charge in [-0.25, -0.2) is 9.50 Å². The summed E-state index contributed by atoms with van der Waals surface area (Å²) in [5.74, 6) is 1.00. The Balaban J connectivity index is 1.88. The fourth-order valence-electron chi connectivity index (χ4n) is 3.38. The van der Waals surface area contributed by atoms with Gasteiger partial charge in [0.15, 0.2) is 0 Å². The van der Waals surface area contributed by atoms with Gasteiger partial charge in [0.05, 0.1) is 23.9 Å². The number of rotatable bonds is 5. The number of nitrogens with one attached hydrogen (secondary N) is 1. The van der Waals surface area contributed by atoms with Gasteiger partial charge in [-0.05, 0) is 61.5 Å². The first-order valence-corrected chi connectivity index (χ1v) is 9.21. The van der Waals surface area contributed by atoms with E-state index >= 15 is 0 Å². The molecule has 0 aromatic carbocycles. The van der Waals surface area contributed by atoms with Crippen LogP contribution in [0.1, 0.15) is 51.1 Å². The van der Waals surface area contributed by atoms with Crippen LogP contribution in [-0.2, 0) is 4.74 Å². The molecule has 2 aromatic heterocycles. The number of aromatic nitrogens is 3. The number of hydrogen-bond donors (Lipinski definition) is 2. The van der Waals surface area contributed by atoms with Crippen molar-refractivity contribution in [2.24, 2.45) is 0 Å². The molecular formula is C17H25BrN4O2. The summed E-state index contributed by atoms with van der Waals surface area (Å²) in [5.41, 5.74) is 1.61. The first-order valence-electron chi connectivity index (χ1n) is 8.41. The molecule has 1 aliphatic rings. The molecule has 1 saturated carbocycles. The average Bonchev–Trinajstić information content (AvgIpc) is 2.84. The Labute approximate surface area is 150 Å². The van der Waals surface area contributed by atoms with Gasteiger partial charge in [0, 0.05) is 29.2 Å².